The number of rotatable bonds is 4. The van der Waals surface area contributed by atoms with Crippen LogP contribution in [0.3, 0.4) is 0 Å². The molecule has 2 aromatic carbocycles. The highest BCUT2D eigenvalue weighted by Crippen LogP contribution is 2.37. The van der Waals surface area contributed by atoms with E-state index in [0.717, 1.165) is 5.56 Å². The molecule has 1 atom stereocenters. The van der Waals surface area contributed by atoms with Gasteiger partial charge in [-0.05, 0) is 48.7 Å². The molecule has 3 amide bonds. The van der Waals surface area contributed by atoms with Crippen LogP contribution in [0.1, 0.15) is 18.1 Å². The minimum Gasteiger partial charge on any atom is -0.486 e. The van der Waals surface area contributed by atoms with E-state index in [9.17, 15) is 9.59 Å². The summed E-state index contributed by atoms with van der Waals surface area (Å²) in [5.74, 6) is 2.34. The van der Waals surface area contributed by atoms with Crippen LogP contribution in [-0.2, 0) is 16.8 Å². The lowest BCUT2D eigenvalue weighted by Crippen LogP contribution is -2.41. The summed E-state index contributed by atoms with van der Waals surface area (Å²) in [6.45, 7) is 3.97. The number of ether oxygens (including phenoxy) is 4. The van der Waals surface area contributed by atoms with Crippen molar-refractivity contribution < 1.29 is 28.5 Å². The number of urea groups is 1. The Kier molecular flexibility index (Phi) is 4.42. The van der Waals surface area contributed by atoms with Crippen molar-refractivity contribution in [3.8, 4) is 23.0 Å². The average molecular weight is 410 g/mol. The van der Waals surface area contributed by atoms with Crippen molar-refractivity contribution in [2.45, 2.75) is 18.9 Å². The molecule has 0 spiro atoms. The zero-order valence-corrected chi connectivity index (χ0v) is 16.6. The predicted octanol–water partition coefficient (Wildman–Crippen LogP) is 2.24. The first-order chi connectivity index (χ1) is 14.5. The van der Waals surface area contributed by atoms with Crippen LogP contribution >= 0.6 is 0 Å². The Balaban J connectivity index is 1.33. The third-order valence-corrected chi connectivity index (χ3v) is 5.63. The van der Waals surface area contributed by atoms with Gasteiger partial charge in [-0.25, -0.2) is 4.79 Å². The predicted molar refractivity (Wildman–Crippen MR) is 106 cm³/mol. The molecule has 8 heteroatoms. The summed E-state index contributed by atoms with van der Waals surface area (Å²) in [5, 5.41) is 2.84. The van der Waals surface area contributed by atoms with Crippen molar-refractivity contribution in [2.24, 2.45) is 0 Å². The summed E-state index contributed by atoms with van der Waals surface area (Å²) in [6.07, 6.45) is 0.521. The van der Waals surface area contributed by atoms with Gasteiger partial charge in [-0.3, -0.25) is 9.69 Å². The summed E-state index contributed by atoms with van der Waals surface area (Å²) in [7, 11) is 0. The molecule has 1 saturated heterocycles. The van der Waals surface area contributed by atoms with E-state index in [0.29, 0.717) is 61.4 Å². The first-order valence-electron chi connectivity index (χ1n) is 9.97. The molecule has 1 unspecified atom stereocenters. The average Bonchev–Trinajstić information content (AvgIpc) is 3.00. The van der Waals surface area contributed by atoms with Gasteiger partial charge in [0.1, 0.15) is 32.0 Å². The molecule has 0 radical (unpaired) electrons. The number of imide groups is 1. The third kappa shape index (κ3) is 3.08. The minimum atomic E-state index is -1.15. The third-order valence-electron chi connectivity index (χ3n) is 5.63. The Morgan fingerprint density at radius 1 is 0.867 bits per heavy atom. The van der Waals surface area contributed by atoms with Crippen molar-refractivity contribution in [3.63, 3.8) is 0 Å². The summed E-state index contributed by atoms with van der Waals surface area (Å²) >= 11 is 0. The molecule has 0 aliphatic carbocycles. The van der Waals surface area contributed by atoms with Crippen LogP contribution in [0.2, 0.25) is 0 Å². The minimum absolute atomic E-state index is 0.268. The van der Waals surface area contributed by atoms with Crippen molar-refractivity contribution >= 4 is 11.9 Å². The Labute approximate surface area is 173 Å². The van der Waals surface area contributed by atoms with Crippen molar-refractivity contribution in [1.29, 1.82) is 0 Å². The SMILES string of the molecule is CC1(c2ccc3c(c2)OCCO3)NC(=O)N(CCc2ccc3c(c2)OCCO3)C1=O. The molecule has 3 heterocycles. The molecule has 1 fully saturated rings. The summed E-state index contributed by atoms with van der Waals surface area (Å²) < 4.78 is 22.3. The molecule has 1 N–H and O–H groups in total. The molecule has 30 heavy (non-hydrogen) atoms. The van der Waals surface area contributed by atoms with Gasteiger partial charge in [-0.15, -0.1) is 0 Å². The molecule has 8 nitrogen and oxygen atoms in total. The lowest BCUT2D eigenvalue weighted by atomic mass is 9.91. The smallest absolute Gasteiger partial charge is 0.325 e. The second-order valence-corrected chi connectivity index (χ2v) is 7.60. The van der Waals surface area contributed by atoms with Gasteiger partial charge in [0.25, 0.3) is 5.91 Å². The van der Waals surface area contributed by atoms with E-state index < -0.39 is 11.6 Å². The first kappa shape index (κ1) is 18.6. The van der Waals surface area contributed by atoms with Gasteiger partial charge in [-0.2, -0.15) is 0 Å². The highest BCUT2D eigenvalue weighted by molar-refractivity contribution is 6.07. The Morgan fingerprint density at radius 2 is 1.47 bits per heavy atom. The van der Waals surface area contributed by atoms with Crippen LogP contribution in [0, 0.1) is 0 Å². The van der Waals surface area contributed by atoms with Gasteiger partial charge in [0.15, 0.2) is 23.0 Å². The van der Waals surface area contributed by atoms with Crippen molar-refractivity contribution in [2.75, 3.05) is 33.0 Å². The van der Waals surface area contributed by atoms with E-state index in [1.54, 1.807) is 25.1 Å². The maximum Gasteiger partial charge on any atom is 0.325 e. The van der Waals surface area contributed by atoms with E-state index in [4.69, 9.17) is 18.9 Å². The van der Waals surface area contributed by atoms with E-state index in [1.165, 1.54) is 4.90 Å². The molecular formula is C22H22N2O6. The number of carbonyl (C=O) groups is 2. The molecule has 2 aromatic rings. The second-order valence-electron chi connectivity index (χ2n) is 7.60. The normalized spacial score (nSPS) is 22.1. The van der Waals surface area contributed by atoms with Crippen LogP contribution in [0.4, 0.5) is 4.79 Å². The second kappa shape index (κ2) is 7.12. The quantitative estimate of drug-likeness (QED) is 0.778. The van der Waals surface area contributed by atoms with Gasteiger partial charge >= 0.3 is 6.03 Å². The van der Waals surface area contributed by atoms with E-state index >= 15 is 0 Å². The Hall–Kier alpha value is -3.42. The molecule has 0 bridgehead atoms. The molecule has 5 rings (SSSR count). The molecule has 0 saturated carbocycles. The number of amides is 3. The monoisotopic (exact) mass is 410 g/mol. The summed E-state index contributed by atoms with van der Waals surface area (Å²) in [4.78, 5) is 27.1. The number of nitrogens with zero attached hydrogens (tertiary/aromatic N) is 1. The van der Waals surface area contributed by atoms with Gasteiger partial charge in [-0.1, -0.05) is 12.1 Å². The fourth-order valence-electron chi connectivity index (χ4n) is 3.93. The topological polar surface area (TPSA) is 86.3 Å². The summed E-state index contributed by atoms with van der Waals surface area (Å²) in [6, 6.07) is 10.6. The number of nitrogens with one attached hydrogen (secondary N) is 1. The fraction of sp³-hybridized carbons (Fsp3) is 0.364. The molecule has 0 aromatic heterocycles. The van der Waals surface area contributed by atoms with E-state index in [2.05, 4.69) is 5.32 Å². The lowest BCUT2D eigenvalue weighted by molar-refractivity contribution is -0.131. The standard InChI is InChI=1S/C22H22N2O6/c1-22(15-3-5-17-19(13-15)30-11-9-28-17)20(25)24(21(26)23-22)7-6-14-2-4-16-18(12-14)29-10-8-27-16/h2-5,12-13H,6-11H2,1H3,(H,23,26). The van der Waals surface area contributed by atoms with Crippen LogP contribution in [0.15, 0.2) is 36.4 Å². The number of fused-ring (bicyclic) bond motifs is 2. The number of hydrogen-bond donors (Lipinski definition) is 1. The van der Waals surface area contributed by atoms with Gasteiger partial charge in [0, 0.05) is 6.54 Å². The van der Waals surface area contributed by atoms with Crippen molar-refractivity contribution in [3.05, 3.63) is 47.5 Å². The van der Waals surface area contributed by atoms with Crippen LogP contribution in [-0.4, -0.2) is 49.8 Å². The van der Waals surface area contributed by atoms with Crippen LogP contribution < -0.4 is 24.3 Å². The zero-order valence-electron chi connectivity index (χ0n) is 16.6. The van der Waals surface area contributed by atoms with Crippen molar-refractivity contribution in [1.82, 2.24) is 10.2 Å². The lowest BCUT2D eigenvalue weighted by Gasteiger charge is -2.25. The maximum absolute atomic E-state index is 13.2. The van der Waals surface area contributed by atoms with Crippen LogP contribution in [0.25, 0.3) is 0 Å². The maximum atomic E-state index is 13.2. The highest BCUT2D eigenvalue weighted by Gasteiger charge is 2.49. The van der Waals surface area contributed by atoms with Gasteiger partial charge in [0.05, 0.1) is 0 Å². The van der Waals surface area contributed by atoms with Gasteiger partial charge < -0.3 is 24.3 Å². The molecule has 3 aliphatic rings. The molecule has 3 aliphatic heterocycles. The Bertz CT molecular complexity index is 1020. The van der Waals surface area contributed by atoms with E-state index in [-0.39, 0.29) is 12.5 Å². The zero-order chi connectivity index (χ0) is 20.7. The molecule has 156 valence electrons. The fourth-order valence-corrected chi connectivity index (χ4v) is 3.93. The van der Waals surface area contributed by atoms with Gasteiger partial charge in [0.2, 0.25) is 0 Å². The Morgan fingerprint density at radius 3 is 2.17 bits per heavy atom. The largest absolute Gasteiger partial charge is 0.486 e. The van der Waals surface area contributed by atoms with E-state index in [1.807, 2.05) is 18.2 Å². The first-order valence-corrected chi connectivity index (χ1v) is 9.97. The summed E-state index contributed by atoms with van der Waals surface area (Å²) in [5.41, 5.74) is 0.472. The highest BCUT2D eigenvalue weighted by atomic mass is 16.6. The number of benzene rings is 2. The molecular weight excluding hydrogens is 388 g/mol. The number of carbonyl (C=O) groups excluding carboxylic acids is 2. The number of hydrogen-bond acceptors (Lipinski definition) is 6. The van der Waals surface area contributed by atoms with Crippen LogP contribution in [0.5, 0.6) is 23.0 Å².